The molecule has 4 heteroatoms. The lowest BCUT2D eigenvalue weighted by molar-refractivity contribution is -0.200. The second-order valence-corrected chi connectivity index (χ2v) is 3.66. The number of aliphatic hydroxyl groups is 1. The zero-order valence-electron chi connectivity index (χ0n) is 7.37. The van der Waals surface area contributed by atoms with Crippen LogP contribution in [-0.4, -0.2) is 12.2 Å². The van der Waals surface area contributed by atoms with Gasteiger partial charge in [0, 0.05) is 0 Å². The van der Waals surface area contributed by atoms with Crippen molar-refractivity contribution in [2.75, 3.05) is 7.11 Å². The summed E-state index contributed by atoms with van der Waals surface area (Å²) < 4.78 is 5.65. The molecular weight excluding hydrogens is 236 g/mol. The molecule has 1 radical (unpaired) electrons. The third-order valence-electron chi connectivity index (χ3n) is 1.67. The van der Waals surface area contributed by atoms with Gasteiger partial charge in [0.05, 0.1) is 17.1 Å². The molecule has 0 saturated carbocycles. The van der Waals surface area contributed by atoms with Gasteiger partial charge in [-0.15, -0.1) is 0 Å². The van der Waals surface area contributed by atoms with E-state index in [4.69, 9.17) is 4.74 Å². The Hall–Kier alpha value is -0.580. The highest BCUT2D eigenvalue weighted by Crippen LogP contribution is 2.34. The van der Waals surface area contributed by atoms with Gasteiger partial charge in [-0.1, -0.05) is 6.07 Å². The van der Waals surface area contributed by atoms with Gasteiger partial charge in [-0.2, -0.15) is 5.11 Å². The van der Waals surface area contributed by atoms with Crippen molar-refractivity contribution in [1.29, 1.82) is 0 Å². The molecule has 1 aromatic rings. The molecular formula is C9H10BrO3. The van der Waals surface area contributed by atoms with E-state index in [1.807, 2.05) is 0 Å². The van der Waals surface area contributed by atoms with Gasteiger partial charge in [0.15, 0.2) is 0 Å². The maximum Gasteiger partial charge on any atom is 0.226 e. The van der Waals surface area contributed by atoms with Gasteiger partial charge in [0.1, 0.15) is 5.75 Å². The Morgan fingerprint density at radius 2 is 2.15 bits per heavy atom. The van der Waals surface area contributed by atoms with Gasteiger partial charge >= 0.3 is 0 Å². The van der Waals surface area contributed by atoms with Crippen LogP contribution in [0.1, 0.15) is 12.5 Å². The molecule has 0 heterocycles. The molecule has 1 rings (SSSR count). The lowest BCUT2D eigenvalue weighted by Crippen LogP contribution is -2.18. The molecule has 71 valence electrons. The molecule has 0 aromatic heterocycles. The van der Waals surface area contributed by atoms with Crippen molar-refractivity contribution in [2.45, 2.75) is 12.7 Å². The molecule has 1 atom stereocenters. The maximum absolute atomic E-state index is 11.3. The van der Waals surface area contributed by atoms with Gasteiger partial charge in [0.2, 0.25) is 5.79 Å². The molecule has 0 bridgehead atoms. The topological polar surface area (TPSA) is 49.4 Å². The highest BCUT2D eigenvalue weighted by molar-refractivity contribution is 9.10. The van der Waals surface area contributed by atoms with Gasteiger partial charge in [0.25, 0.3) is 0 Å². The van der Waals surface area contributed by atoms with E-state index in [-0.39, 0.29) is 5.56 Å². The summed E-state index contributed by atoms with van der Waals surface area (Å²) in [6.07, 6.45) is 0. The lowest BCUT2D eigenvalue weighted by atomic mass is 10.1. The summed E-state index contributed by atoms with van der Waals surface area (Å²) in [4.78, 5) is 0. The molecule has 0 aliphatic heterocycles. The number of para-hydroxylation sites is 1. The molecule has 1 aromatic carbocycles. The van der Waals surface area contributed by atoms with Crippen molar-refractivity contribution in [1.82, 2.24) is 0 Å². The Bertz CT molecular complexity index is 304. The van der Waals surface area contributed by atoms with Gasteiger partial charge in [-0.3, -0.25) is 0 Å². The summed E-state index contributed by atoms with van der Waals surface area (Å²) in [5, 5.41) is 20.6. The standard InChI is InChI=1S/C9H10BrO3/c1-9(11,12)6-4-3-5-7(10)8(6)13-2/h3-5,11H,1-2H3. The van der Waals surface area contributed by atoms with Crippen molar-refractivity contribution in [3.63, 3.8) is 0 Å². The van der Waals surface area contributed by atoms with Crippen LogP contribution in [-0.2, 0) is 10.9 Å². The van der Waals surface area contributed by atoms with Gasteiger partial charge < -0.3 is 9.84 Å². The third-order valence-corrected chi connectivity index (χ3v) is 2.30. The maximum atomic E-state index is 11.3. The molecule has 0 spiro atoms. The van der Waals surface area contributed by atoms with E-state index in [0.717, 1.165) is 0 Å². The Kier molecular flexibility index (Phi) is 2.95. The fourth-order valence-electron chi connectivity index (χ4n) is 1.08. The Balaban J connectivity index is 3.29. The van der Waals surface area contributed by atoms with Crippen LogP contribution in [0.2, 0.25) is 0 Å². The quantitative estimate of drug-likeness (QED) is 0.812. The number of rotatable bonds is 2. The number of halogens is 1. The van der Waals surface area contributed by atoms with E-state index < -0.39 is 5.79 Å². The van der Waals surface area contributed by atoms with E-state index in [0.29, 0.717) is 10.2 Å². The Morgan fingerprint density at radius 1 is 1.54 bits per heavy atom. The van der Waals surface area contributed by atoms with Crippen molar-refractivity contribution in [2.24, 2.45) is 0 Å². The number of benzene rings is 1. The largest absolute Gasteiger partial charge is 0.495 e. The fourth-order valence-corrected chi connectivity index (χ4v) is 1.61. The molecule has 0 saturated heterocycles. The number of hydrogen-bond acceptors (Lipinski definition) is 2. The van der Waals surface area contributed by atoms with Crippen LogP contribution in [0.15, 0.2) is 22.7 Å². The average molecular weight is 246 g/mol. The van der Waals surface area contributed by atoms with Crippen LogP contribution < -0.4 is 4.74 Å². The number of methoxy groups -OCH3 is 1. The first-order valence-electron chi connectivity index (χ1n) is 3.72. The van der Waals surface area contributed by atoms with Crippen LogP contribution in [0.5, 0.6) is 5.75 Å². The highest BCUT2D eigenvalue weighted by atomic mass is 79.9. The summed E-state index contributed by atoms with van der Waals surface area (Å²) in [5.74, 6) is -1.75. The van der Waals surface area contributed by atoms with E-state index in [1.54, 1.807) is 12.1 Å². The minimum Gasteiger partial charge on any atom is -0.495 e. The van der Waals surface area contributed by atoms with Crippen molar-refractivity contribution < 1.29 is 14.9 Å². The third kappa shape index (κ3) is 2.21. The SMILES string of the molecule is COc1c(Br)cccc1C(C)([O])O. The van der Waals surface area contributed by atoms with Gasteiger partial charge in [-0.25, -0.2) is 0 Å². The molecule has 0 aliphatic carbocycles. The normalized spacial score (nSPS) is 11.5. The van der Waals surface area contributed by atoms with Gasteiger partial charge in [-0.05, 0) is 35.0 Å². The van der Waals surface area contributed by atoms with Crippen LogP contribution >= 0.6 is 15.9 Å². The van der Waals surface area contributed by atoms with Crippen LogP contribution in [0.25, 0.3) is 0 Å². The summed E-state index contributed by atoms with van der Waals surface area (Å²) >= 11 is 3.22. The zero-order chi connectivity index (χ0) is 10.1. The second kappa shape index (κ2) is 3.65. The Morgan fingerprint density at radius 3 is 2.54 bits per heavy atom. The molecule has 1 N–H and O–H groups in total. The molecule has 1 unspecified atom stereocenters. The summed E-state index contributed by atoms with van der Waals surface area (Å²) in [6.45, 7) is 1.18. The lowest BCUT2D eigenvalue weighted by Gasteiger charge is -2.17. The minimum atomic E-state index is -2.13. The summed E-state index contributed by atoms with van der Waals surface area (Å²) in [6, 6.07) is 4.96. The van der Waals surface area contributed by atoms with Crippen molar-refractivity contribution in [3.8, 4) is 5.75 Å². The van der Waals surface area contributed by atoms with Crippen LogP contribution in [0.3, 0.4) is 0 Å². The van der Waals surface area contributed by atoms with E-state index in [9.17, 15) is 10.2 Å². The summed E-state index contributed by atoms with van der Waals surface area (Å²) in [7, 11) is 1.45. The highest BCUT2D eigenvalue weighted by Gasteiger charge is 2.26. The van der Waals surface area contributed by atoms with Crippen molar-refractivity contribution >= 4 is 15.9 Å². The van der Waals surface area contributed by atoms with E-state index in [2.05, 4.69) is 15.9 Å². The average Bonchev–Trinajstić information content (AvgIpc) is 2.02. The second-order valence-electron chi connectivity index (χ2n) is 2.80. The van der Waals surface area contributed by atoms with E-state index in [1.165, 1.54) is 20.1 Å². The summed E-state index contributed by atoms with van der Waals surface area (Å²) in [5.41, 5.74) is 0.226. The smallest absolute Gasteiger partial charge is 0.226 e. The molecule has 0 amide bonds. The molecule has 3 nitrogen and oxygen atoms in total. The number of ether oxygens (including phenoxy) is 1. The molecule has 13 heavy (non-hydrogen) atoms. The fraction of sp³-hybridized carbons (Fsp3) is 0.333. The minimum absolute atomic E-state index is 0.226. The first-order valence-corrected chi connectivity index (χ1v) is 4.52. The van der Waals surface area contributed by atoms with Crippen molar-refractivity contribution in [3.05, 3.63) is 28.2 Å². The molecule has 0 aliphatic rings. The molecule has 0 fully saturated rings. The monoisotopic (exact) mass is 245 g/mol. The predicted molar refractivity (Wildman–Crippen MR) is 51.0 cm³/mol. The first kappa shape index (κ1) is 10.5. The Labute approximate surface area is 85.1 Å². The predicted octanol–water partition coefficient (Wildman–Crippen LogP) is 2.05. The number of hydrogen-bond donors (Lipinski definition) is 1. The van der Waals surface area contributed by atoms with Crippen LogP contribution in [0, 0.1) is 0 Å². The zero-order valence-corrected chi connectivity index (χ0v) is 8.96. The van der Waals surface area contributed by atoms with Crippen LogP contribution in [0.4, 0.5) is 0 Å². The van der Waals surface area contributed by atoms with E-state index >= 15 is 0 Å². The first-order chi connectivity index (χ1) is 5.96.